The molecule has 1 aromatic carbocycles. The number of amides is 1. The van der Waals surface area contributed by atoms with E-state index in [1.54, 1.807) is 23.0 Å². The van der Waals surface area contributed by atoms with Crippen LogP contribution in [0.25, 0.3) is 0 Å². The Balaban J connectivity index is 1.41. The molecule has 2 aromatic rings. The summed E-state index contributed by atoms with van der Waals surface area (Å²) < 4.78 is 14.5. The number of aliphatic hydroxyl groups is 1. The number of nitrogens with one attached hydrogen (secondary N) is 1. The van der Waals surface area contributed by atoms with Gasteiger partial charge in [0.25, 0.3) is 5.91 Å². The first kappa shape index (κ1) is 18.5. The van der Waals surface area contributed by atoms with Gasteiger partial charge in [-0.15, -0.1) is 5.10 Å². The van der Waals surface area contributed by atoms with Crippen LogP contribution in [0, 0.1) is 5.82 Å². The molecule has 0 bridgehead atoms. The molecule has 1 atom stereocenters. The van der Waals surface area contributed by atoms with E-state index < -0.39 is 0 Å². The quantitative estimate of drug-likeness (QED) is 0.720. The molecule has 0 radical (unpaired) electrons. The molecule has 2 heterocycles. The second-order valence-corrected chi connectivity index (χ2v) is 6.63. The summed E-state index contributed by atoms with van der Waals surface area (Å²) in [4.78, 5) is 14.3. The first-order valence-electron chi connectivity index (χ1n) is 8.93. The number of aliphatic hydroxyl groups excluding tert-OH is 1. The first-order chi connectivity index (χ1) is 12.6. The number of rotatable bonds is 7. The van der Waals surface area contributed by atoms with Gasteiger partial charge in [0.1, 0.15) is 5.82 Å². The lowest BCUT2D eigenvalue weighted by molar-refractivity contribution is 0.0697. The third-order valence-electron chi connectivity index (χ3n) is 4.45. The van der Waals surface area contributed by atoms with Gasteiger partial charge in [0.2, 0.25) is 0 Å². The lowest BCUT2D eigenvalue weighted by atomic mass is 10.1. The average molecular weight is 361 g/mol. The van der Waals surface area contributed by atoms with Gasteiger partial charge in [0.15, 0.2) is 5.69 Å². The molecule has 1 amide bonds. The van der Waals surface area contributed by atoms with Gasteiger partial charge in [-0.3, -0.25) is 4.79 Å². The summed E-state index contributed by atoms with van der Waals surface area (Å²) in [6.45, 7) is 3.55. The largest absolute Gasteiger partial charge is 0.392 e. The molecule has 1 saturated heterocycles. The van der Waals surface area contributed by atoms with Crippen LogP contribution in [-0.4, -0.2) is 63.2 Å². The van der Waals surface area contributed by atoms with Crippen LogP contribution < -0.4 is 5.32 Å². The number of nitrogens with zero attached hydrogens (tertiary/aromatic N) is 4. The Morgan fingerprint density at radius 1 is 1.35 bits per heavy atom. The molecular formula is C18H24FN5O2. The Hall–Kier alpha value is -2.32. The molecule has 7 nitrogen and oxygen atoms in total. The maximum atomic E-state index is 12.9. The normalized spacial score (nSPS) is 18.0. The lowest BCUT2D eigenvalue weighted by Crippen LogP contribution is -2.39. The monoisotopic (exact) mass is 361 g/mol. The maximum Gasteiger partial charge on any atom is 0.273 e. The van der Waals surface area contributed by atoms with Gasteiger partial charge in [-0.25, -0.2) is 9.07 Å². The van der Waals surface area contributed by atoms with Crippen molar-refractivity contribution >= 4 is 5.91 Å². The fraction of sp³-hybridized carbons (Fsp3) is 0.500. The number of benzene rings is 1. The van der Waals surface area contributed by atoms with E-state index in [0.29, 0.717) is 19.6 Å². The van der Waals surface area contributed by atoms with Gasteiger partial charge in [-0.05, 0) is 50.0 Å². The van der Waals surface area contributed by atoms with Crippen molar-refractivity contribution in [2.75, 3.05) is 26.2 Å². The number of piperidine rings is 1. The zero-order valence-electron chi connectivity index (χ0n) is 14.6. The van der Waals surface area contributed by atoms with Crippen molar-refractivity contribution in [1.29, 1.82) is 0 Å². The van der Waals surface area contributed by atoms with Crippen LogP contribution >= 0.6 is 0 Å². The van der Waals surface area contributed by atoms with Gasteiger partial charge in [-0.2, -0.15) is 0 Å². The minimum Gasteiger partial charge on any atom is -0.392 e. The lowest BCUT2D eigenvalue weighted by Gasteiger charge is -2.29. The van der Waals surface area contributed by atoms with Crippen LogP contribution in [0.1, 0.15) is 35.3 Å². The molecule has 140 valence electrons. The summed E-state index contributed by atoms with van der Waals surface area (Å²) >= 11 is 0. The zero-order chi connectivity index (χ0) is 18.4. The highest BCUT2D eigenvalue weighted by Crippen LogP contribution is 2.09. The maximum absolute atomic E-state index is 12.9. The smallest absolute Gasteiger partial charge is 0.273 e. The number of carbonyl (C=O) groups is 1. The molecule has 0 spiro atoms. The molecule has 1 fully saturated rings. The number of hydrogen-bond acceptors (Lipinski definition) is 5. The van der Waals surface area contributed by atoms with E-state index >= 15 is 0 Å². The van der Waals surface area contributed by atoms with Crippen molar-refractivity contribution in [3.8, 4) is 0 Å². The molecule has 2 N–H and O–H groups in total. The van der Waals surface area contributed by atoms with E-state index in [0.717, 1.165) is 37.9 Å². The third kappa shape index (κ3) is 5.34. The predicted octanol–water partition coefficient (Wildman–Crippen LogP) is 1.04. The molecule has 8 heteroatoms. The van der Waals surface area contributed by atoms with Gasteiger partial charge in [-0.1, -0.05) is 17.3 Å². The zero-order valence-corrected chi connectivity index (χ0v) is 14.6. The van der Waals surface area contributed by atoms with Crippen LogP contribution in [0.3, 0.4) is 0 Å². The van der Waals surface area contributed by atoms with E-state index in [9.17, 15) is 14.3 Å². The Labute approximate surface area is 151 Å². The standard InChI is InChI=1S/C18H24FN5O2/c19-15-6-4-14(5-7-15)11-24-13-17(21-22-24)18(26)20-8-2-10-23-9-1-3-16(25)12-23/h4-7,13,16,25H,1-3,8-12H2,(H,20,26). The Morgan fingerprint density at radius 3 is 2.92 bits per heavy atom. The Bertz CT molecular complexity index is 719. The second kappa shape index (κ2) is 8.86. The van der Waals surface area contributed by atoms with Crippen molar-refractivity contribution in [1.82, 2.24) is 25.2 Å². The van der Waals surface area contributed by atoms with Crippen LogP contribution in [-0.2, 0) is 6.54 Å². The molecule has 3 rings (SSSR count). The summed E-state index contributed by atoms with van der Waals surface area (Å²) in [5, 5.41) is 20.3. The van der Waals surface area contributed by atoms with E-state index in [1.165, 1.54) is 12.1 Å². The van der Waals surface area contributed by atoms with Gasteiger partial charge >= 0.3 is 0 Å². The highest BCUT2D eigenvalue weighted by molar-refractivity contribution is 5.91. The molecule has 0 aliphatic carbocycles. The molecular weight excluding hydrogens is 337 g/mol. The summed E-state index contributed by atoms with van der Waals surface area (Å²) in [6.07, 6.45) is 4.07. The molecule has 1 aliphatic heterocycles. The van der Waals surface area contributed by atoms with Crippen molar-refractivity contribution in [2.45, 2.75) is 31.9 Å². The van der Waals surface area contributed by atoms with Crippen molar-refractivity contribution in [3.05, 3.63) is 47.5 Å². The highest BCUT2D eigenvalue weighted by atomic mass is 19.1. The van der Waals surface area contributed by atoms with Crippen LogP contribution in [0.15, 0.2) is 30.5 Å². The highest BCUT2D eigenvalue weighted by Gasteiger charge is 2.17. The summed E-state index contributed by atoms with van der Waals surface area (Å²) in [5.41, 5.74) is 1.15. The number of hydrogen-bond donors (Lipinski definition) is 2. The predicted molar refractivity (Wildman–Crippen MR) is 94.2 cm³/mol. The van der Waals surface area contributed by atoms with E-state index in [1.807, 2.05) is 0 Å². The third-order valence-corrected chi connectivity index (χ3v) is 4.45. The SMILES string of the molecule is O=C(NCCCN1CCCC(O)C1)c1cn(Cc2ccc(F)cc2)nn1. The molecule has 26 heavy (non-hydrogen) atoms. The van der Waals surface area contributed by atoms with Crippen molar-refractivity contribution < 1.29 is 14.3 Å². The fourth-order valence-electron chi connectivity index (χ4n) is 3.09. The van der Waals surface area contributed by atoms with Crippen molar-refractivity contribution in [2.24, 2.45) is 0 Å². The molecule has 1 aromatic heterocycles. The number of likely N-dealkylation sites (tertiary alicyclic amines) is 1. The van der Waals surface area contributed by atoms with Crippen molar-refractivity contribution in [3.63, 3.8) is 0 Å². The number of halogens is 1. The summed E-state index contributed by atoms with van der Waals surface area (Å²) in [5.74, 6) is -0.541. The van der Waals surface area contributed by atoms with Crippen LogP contribution in [0.4, 0.5) is 4.39 Å². The summed E-state index contributed by atoms with van der Waals surface area (Å²) in [6, 6.07) is 6.13. The van der Waals surface area contributed by atoms with Gasteiger partial charge in [0, 0.05) is 13.1 Å². The number of aromatic nitrogens is 3. The average Bonchev–Trinajstić information content (AvgIpc) is 3.09. The van der Waals surface area contributed by atoms with E-state index in [-0.39, 0.29) is 23.5 Å². The minimum atomic E-state index is -0.286. The van der Waals surface area contributed by atoms with Crippen LogP contribution in [0.2, 0.25) is 0 Å². The number of carbonyl (C=O) groups excluding carboxylic acids is 1. The second-order valence-electron chi connectivity index (χ2n) is 6.63. The van der Waals surface area contributed by atoms with E-state index in [4.69, 9.17) is 0 Å². The molecule has 0 saturated carbocycles. The Kier molecular flexibility index (Phi) is 6.30. The van der Waals surface area contributed by atoms with Gasteiger partial charge in [0.05, 0.1) is 18.8 Å². The topological polar surface area (TPSA) is 83.3 Å². The fourth-order valence-corrected chi connectivity index (χ4v) is 3.09. The van der Waals surface area contributed by atoms with Gasteiger partial charge < -0.3 is 15.3 Å². The van der Waals surface area contributed by atoms with E-state index in [2.05, 4.69) is 20.5 Å². The Morgan fingerprint density at radius 2 is 2.15 bits per heavy atom. The minimum absolute atomic E-state index is 0.227. The molecule has 1 aliphatic rings. The summed E-state index contributed by atoms with van der Waals surface area (Å²) in [7, 11) is 0. The molecule has 1 unspecified atom stereocenters. The van der Waals surface area contributed by atoms with Crippen LogP contribution in [0.5, 0.6) is 0 Å². The first-order valence-corrected chi connectivity index (χ1v) is 8.93. The number of β-amino-alcohol motifs (C(OH)–C–C–N with tert-alkyl or cyclic N) is 1.